The Kier molecular flexibility index (Phi) is 3.53. The fourth-order valence-corrected chi connectivity index (χ4v) is 2.16. The normalized spacial score (nSPS) is 10.4. The molecule has 108 valence electrons. The van der Waals surface area contributed by atoms with Crippen LogP contribution >= 0.6 is 0 Å². The Bertz CT molecular complexity index is 818. The average Bonchev–Trinajstić information content (AvgIpc) is 3.04. The fourth-order valence-electron chi connectivity index (χ4n) is 2.16. The van der Waals surface area contributed by atoms with E-state index in [1.807, 2.05) is 24.3 Å². The van der Waals surface area contributed by atoms with Crippen LogP contribution in [-0.4, -0.2) is 26.1 Å². The van der Waals surface area contributed by atoms with Crippen molar-refractivity contribution in [1.29, 1.82) is 0 Å². The van der Waals surface area contributed by atoms with Crippen LogP contribution in [0.2, 0.25) is 0 Å². The van der Waals surface area contributed by atoms with Crippen LogP contribution in [0.5, 0.6) is 0 Å². The van der Waals surface area contributed by atoms with Gasteiger partial charge in [-0.2, -0.15) is 0 Å². The highest BCUT2D eigenvalue weighted by Gasteiger charge is 2.09. The summed E-state index contributed by atoms with van der Waals surface area (Å²) in [5.41, 5.74) is 3.83. The minimum Gasteiger partial charge on any atom is -0.478 e. The lowest BCUT2D eigenvalue weighted by Crippen LogP contribution is -2.01. The third-order valence-electron chi connectivity index (χ3n) is 3.35. The molecule has 0 atom stereocenters. The molecule has 0 saturated heterocycles. The van der Waals surface area contributed by atoms with Crippen LogP contribution in [0.25, 0.3) is 23.0 Å². The van der Waals surface area contributed by atoms with Gasteiger partial charge in [0.2, 0.25) is 0 Å². The average molecular weight is 291 g/mol. The quantitative estimate of drug-likeness (QED) is 0.801. The number of carbonyl (C=O) groups is 1. The first-order valence-corrected chi connectivity index (χ1v) is 6.66. The molecule has 3 aromatic rings. The zero-order valence-corrected chi connectivity index (χ0v) is 11.7. The molecule has 0 fully saturated rings. The number of aromatic carboxylic acids is 1. The van der Waals surface area contributed by atoms with Gasteiger partial charge in [-0.05, 0) is 29.8 Å². The van der Waals surface area contributed by atoms with Crippen molar-refractivity contribution in [2.45, 2.75) is 0 Å². The lowest BCUT2D eigenvalue weighted by atomic mass is 10.1. The maximum Gasteiger partial charge on any atom is 0.335 e. The molecule has 22 heavy (non-hydrogen) atoms. The number of carboxylic acids is 1. The van der Waals surface area contributed by atoms with Gasteiger partial charge in [0.25, 0.3) is 0 Å². The topological polar surface area (TPSA) is 68.0 Å². The standard InChI is InChI=1S/C17H13N3O2/c1-2-12-3-5-13(6-4-12)16-11-18-19-20(16)15-9-7-14(8-10-15)17(21)22/h2-11H,1H2,(H,21,22). The monoisotopic (exact) mass is 291 g/mol. The van der Waals surface area contributed by atoms with Gasteiger partial charge >= 0.3 is 5.97 Å². The SMILES string of the molecule is C=Cc1ccc(-c2cnnn2-c2ccc(C(=O)O)cc2)cc1. The van der Waals surface area contributed by atoms with Crippen LogP contribution in [0.4, 0.5) is 0 Å². The lowest BCUT2D eigenvalue weighted by molar-refractivity contribution is 0.0697. The summed E-state index contributed by atoms with van der Waals surface area (Å²) in [7, 11) is 0. The minimum absolute atomic E-state index is 0.237. The van der Waals surface area contributed by atoms with Crippen LogP contribution in [0.15, 0.2) is 61.3 Å². The summed E-state index contributed by atoms with van der Waals surface area (Å²) in [6.07, 6.45) is 3.46. The molecule has 3 rings (SSSR count). The Hall–Kier alpha value is -3.21. The van der Waals surface area contributed by atoms with Crippen molar-refractivity contribution in [2.24, 2.45) is 0 Å². The molecule has 0 amide bonds. The van der Waals surface area contributed by atoms with Crippen LogP contribution < -0.4 is 0 Å². The molecule has 0 aliphatic carbocycles. The van der Waals surface area contributed by atoms with E-state index in [-0.39, 0.29) is 5.56 Å². The van der Waals surface area contributed by atoms with E-state index in [9.17, 15) is 4.79 Å². The Labute approximate surface area is 127 Å². The zero-order chi connectivity index (χ0) is 15.5. The zero-order valence-electron chi connectivity index (χ0n) is 11.7. The van der Waals surface area contributed by atoms with Crippen LogP contribution in [0.3, 0.4) is 0 Å². The molecule has 0 saturated carbocycles. The molecule has 0 spiro atoms. The Morgan fingerprint density at radius 1 is 1.09 bits per heavy atom. The fraction of sp³-hybridized carbons (Fsp3) is 0. The summed E-state index contributed by atoms with van der Waals surface area (Å²) >= 11 is 0. The second kappa shape index (κ2) is 5.65. The van der Waals surface area contributed by atoms with Gasteiger partial charge in [-0.1, -0.05) is 42.1 Å². The van der Waals surface area contributed by atoms with Crippen molar-refractivity contribution in [2.75, 3.05) is 0 Å². The summed E-state index contributed by atoms with van der Waals surface area (Å²) in [6.45, 7) is 3.73. The Morgan fingerprint density at radius 3 is 2.36 bits per heavy atom. The summed E-state index contributed by atoms with van der Waals surface area (Å²) in [5, 5.41) is 17.0. The smallest absolute Gasteiger partial charge is 0.335 e. The van der Waals surface area contributed by atoms with Gasteiger partial charge in [0.05, 0.1) is 23.1 Å². The Morgan fingerprint density at radius 2 is 1.77 bits per heavy atom. The molecule has 0 aliphatic rings. The van der Waals surface area contributed by atoms with Gasteiger partial charge in [-0.3, -0.25) is 0 Å². The molecule has 5 nitrogen and oxygen atoms in total. The van der Waals surface area contributed by atoms with Gasteiger partial charge in [0.15, 0.2) is 0 Å². The summed E-state index contributed by atoms with van der Waals surface area (Å²) in [5.74, 6) is -0.953. The maximum atomic E-state index is 10.9. The number of aromatic nitrogens is 3. The van der Waals surface area contributed by atoms with Crippen molar-refractivity contribution >= 4 is 12.0 Å². The van der Waals surface area contributed by atoms with E-state index in [4.69, 9.17) is 5.11 Å². The number of nitrogens with zero attached hydrogens (tertiary/aromatic N) is 3. The molecule has 0 aliphatic heterocycles. The first-order valence-electron chi connectivity index (χ1n) is 6.66. The van der Waals surface area contributed by atoms with Crippen LogP contribution in [-0.2, 0) is 0 Å². The second-order valence-corrected chi connectivity index (χ2v) is 4.71. The maximum absolute atomic E-state index is 10.9. The second-order valence-electron chi connectivity index (χ2n) is 4.71. The summed E-state index contributed by atoms with van der Waals surface area (Å²) < 4.78 is 1.68. The molecular weight excluding hydrogens is 278 g/mol. The molecule has 1 aromatic heterocycles. The van der Waals surface area contributed by atoms with Gasteiger partial charge in [-0.15, -0.1) is 5.10 Å². The summed E-state index contributed by atoms with van der Waals surface area (Å²) in [6, 6.07) is 14.4. The van der Waals surface area contributed by atoms with Crippen LogP contribution in [0, 0.1) is 0 Å². The van der Waals surface area contributed by atoms with Gasteiger partial charge in [-0.25, -0.2) is 9.48 Å². The lowest BCUT2D eigenvalue weighted by Gasteiger charge is -2.07. The van der Waals surface area contributed by atoms with E-state index in [0.29, 0.717) is 0 Å². The van der Waals surface area contributed by atoms with Crippen molar-refractivity contribution < 1.29 is 9.90 Å². The summed E-state index contributed by atoms with van der Waals surface area (Å²) in [4.78, 5) is 10.9. The highest BCUT2D eigenvalue weighted by molar-refractivity contribution is 5.87. The first kappa shape index (κ1) is 13.8. The first-order chi connectivity index (χ1) is 10.7. The van der Waals surface area contributed by atoms with E-state index < -0.39 is 5.97 Å². The molecule has 1 N–H and O–H groups in total. The third kappa shape index (κ3) is 2.52. The van der Waals surface area contributed by atoms with Crippen molar-refractivity contribution in [3.05, 3.63) is 72.4 Å². The van der Waals surface area contributed by atoms with Gasteiger partial charge in [0, 0.05) is 5.56 Å². The number of hydrogen-bond acceptors (Lipinski definition) is 3. The van der Waals surface area contributed by atoms with Crippen molar-refractivity contribution in [1.82, 2.24) is 15.0 Å². The highest BCUT2D eigenvalue weighted by Crippen LogP contribution is 2.22. The van der Waals surface area contributed by atoms with Crippen molar-refractivity contribution in [3.8, 4) is 16.9 Å². The Balaban J connectivity index is 2.00. The van der Waals surface area contributed by atoms with Crippen molar-refractivity contribution in [3.63, 3.8) is 0 Å². The minimum atomic E-state index is -0.953. The van der Waals surface area contributed by atoms with Gasteiger partial charge < -0.3 is 5.11 Å². The number of carboxylic acid groups (broad SMARTS) is 1. The number of hydrogen-bond donors (Lipinski definition) is 1. The molecule has 2 aromatic carbocycles. The predicted molar refractivity (Wildman–Crippen MR) is 83.8 cm³/mol. The van der Waals surface area contributed by atoms with Crippen LogP contribution in [0.1, 0.15) is 15.9 Å². The molecule has 0 radical (unpaired) electrons. The van der Waals surface area contributed by atoms with E-state index in [2.05, 4.69) is 16.9 Å². The van der Waals surface area contributed by atoms with Gasteiger partial charge in [0.1, 0.15) is 0 Å². The molecule has 5 heteroatoms. The molecule has 0 bridgehead atoms. The van der Waals surface area contributed by atoms with E-state index in [0.717, 1.165) is 22.5 Å². The third-order valence-corrected chi connectivity index (χ3v) is 3.35. The van der Waals surface area contributed by atoms with E-state index >= 15 is 0 Å². The molecule has 1 heterocycles. The number of rotatable bonds is 4. The predicted octanol–water partition coefficient (Wildman–Crippen LogP) is 3.28. The molecular formula is C17H13N3O2. The van der Waals surface area contributed by atoms with E-state index in [1.165, 1.54) is 0 Å². The number of benzene rings is 2. The molecule has 0 unspecified atom stereocenters. The highest BCUT2D eigenvalue weighted by atomic mass is 16.4. The largest absolute Gasteiger partial charge is 0.478 e. The van der Waals surface area contributed by atoms with E-state index in [1.54, 1.807) is 41.2 Å².